The Kier molecular flexibility index (Phi) is 4.00. The van der Waals surface area contributed by atoms with Gasteiger partial charge in [-0.1, -0.05) is 23.8 Å². The highest BCUT2D eigenvalue weighted by Crippen LogP contribution is 2.37. The van der Waals surface area contributed by atoms with Gasteiger partial charge in [-0.3, -0.25) is 9.80 Å². The number of hydrogen-bond donors (Lipinski definition) is 1. The number of fused-ring (bicyclic) bond motifs is 1. The number of nitrogens with zero attached hydrogens (tertiary/aromatic N) is 3. The van der Waals surface area contributed by atoms with Gasteiger partial charge in [0, 0.05) is 14.0 Å². The molecule has 0 bridgehead atoms. The number of ketones is 1. The predicted molar refractivity (Wildman–Crippen MR) is 98.0 cm³/mol. The standard InChI is InChI=1S/C19H20N4O3/c1-12-4-7-15(8-5-12)23-19(20-22(3)18(21-23)13(2)24)14-6-9-16-17(10-14)26-11-25-16/h4-10,19-20H,11H2,1-3H3/t19-/m1/s1. The number of hydrazone groups is 1. The molecule has 2 aliphatic rings. The average molecular weight is 352 g/mol. The molecule has 0 radical (unpaired) electrons. The highest BCUT2D eigenvalue weighted by atomic mass is 16.7. The Morgan fingerprint density at radius 3 is 2.62 bits per heavy atom. The maximum Gasteiger partial charge on any atom is 0.231 e. The highest BCUT2D eigenvalue weighted by molar-refractivity contribution is 6.37. The van der Waals surface area contributed by atoms with E-state index in [1.165, 1.54) is 6.92 Å². The van der Waals surface area contributed by atoms with Crippen LogP contribution in [-0.4, -0.2) is 30.5 Å². The molecule has 0 aliphatic carbocycles. The molecule has 7 heteroatoms. The molecule has 0 saturated carbocycles. The van der Waals surface area contributed by atoms with Gasteiger partial charge in [-0.2, -0.15) is 0 Å². The second-order valence-electron chi connectivity index (χ2n) is 6.36. The first-order chi connectivity index (χ1) is 12.5. The number of Topliss-reactive ketones (excluding diaryl/α,β-unsaturated/α-hetero) is 1. The molecule has 0 fully saturated rings. The van der Waals surface area contributed by atoms with Crippen molar-refractivity contribution in [1.82, 2.24) is 10.4 Å². The van der Waals surface area contributed by atoms with Crippen molar-refractivity contribution in [3.05, 3.63) is 53.6 Å². The number of anilines is 1. The van der Waals surface area contributed by atoms with E-state index < -0.39 is 0 Å². The van der Waals surface area contributed by atoms with Crippen molar-refractivity contribution in [2.45, 2.75) is 20.0 Å². The van der Waals surface area contributed by atoms with Gasteiger partial charge in [-0.05, 0) is 36.8 Å². The zero-order valence-electron chi connectivity index (χ0n) is 14.9. The molecule has 1 atom stereocenters. The summed E-state index contributed by atoms with van der Waals surface area (Å²) in [4.78, 5) is 12.0. The molecule has 134 valence electrons. The van der Waals surface area contributed by atoms with Crippen LogP contribution in [0.25, 0.3) is 0 Å². The van der Waals surface area contributed by atoms with Crippen molar-refractivity contribution in [1.29, 1.82) is 0 Å². The van der Waals surface area contributed by atoms with Gasteiger partial charge < -0.3 is 9.47 Å². The summed E-state index contributed by atoms with van der Waals surface area (Å²) in [6, 6.07) is 13.8. The minimum Gasteiger partial charge on any atom is -0.454 e. The van der Waals surface area contributed by atoms with Crippen LogP contribution in [-0.2, 0) is 4.79 Å². The number of carbonyl (C=O) groups excluding carboxylic acids is 1. The van der Waals surface area contributed by atoms with Gasteiger partial charge >= 0.3 is 0 Å². The molecule has 2 aliphatic heterocycles. The number of rotatable bonds is 3. The lowest BCUT2D eigenvalue weighted by atomic mass is 10.1. The van der Waals surface area contributed by atoms with E-state index in [1.54, 1.807) is 12.1 Å². The van der Waals surface area contributed by atoms with E-state index >= 15 is 0 Å². The van der Waals surface area contributed by atoms with E-state index in [2.05, 4.69) is 10.5 Å². The number of ether oxygens (including phenoxy) is 2. The smallest absolute Gasteiger partial charge is 0.231 e. The third kappa shape index (κ3) is 2.86. The maximum absolute atomic E-state index is 12.0. The summed E-state index contributed by atoms with van der Waals surface area (Å²) in [6.07, 6.45) is -0.291. The average Bonchev–Trinajstić information content (AvgIpc) is 3.09. The maximum atomic E-state index is 12.0. The van der Waals surface area contributed by atoms with E-state index in [9.17, 15) is 4.79 Å². The summed E-state index contributed by atoms with van der Waals surface area (Å²) in [5.74, 6) is 1.67. The molecule has 2 heterocycles. The normalized spacial score (nSPS) is 18.7. The van der Waals surface area contributed by atoms with Crippen LogP contribution in [0.15, 0.2) is 47.6 Å². The van der Waals surface area contributed by atoms with Gasteiger partial charge in [0.1, 0.15) is 6.17 Å². The molecule has 2 aromatic carbocycles. The summed E-state index contributed by atoms with van der Waals surface area (Å²) in [5.41, 5.74) is 6.33. The molecular formula is C19H20N4O3. The third-order valence-corrected chi connectivity index (χ3v) is 4.41. The number of hydrazine groups is 1. The Balaban J connectivity index is 1.78. The monoisotopic (exact) mass is 352 g/mol. The molecule has 2 aromatic rings. The number of benzene rings is 2. The number of amidine groups is 1. The van der Waals surface area contributed by atoms with Crippen molar-refractivity contribution in [3.63, 3.8) is 0 Å². The lowest BCUT2D eigenvalue weighted by Crippen LogP contribution is -2.54. The summed E-state index contributed by atoms with van der Waals surface area (Å²) < 4.78 is 10.9. The first-order valence-electron chi connectivity index (χ1n) is 8.38. The fourth-order valence-corrected chi connectivity index (χ4v) is 3.04. The molecule has 26 heavy (non-hydrogen) atoms. The summed E-state index contributed by atoms with van der Waals surface area (Å²) in [5, 5.41) is 8.07. The van der Waals surface area contributed by atoms with Crippen molar-refractivity contribution < 1.29 is 14.3 Å². The largest absolute Gasteiger partial charge is 0.454 e. The topological polar surface area (TPSA) is 66.4 Å². The fraction of sp³-hybridized carbons (Fsp3) is 0.263. The molecule has 0 unspecified atom stereocenters. The zero-order chi connectivity index (χ0) is 18.3. The zero-order valence-corrected chi connectivity index (χ0v) is 14.9. The van der Waals surface area contributed by atoms with E-state index in [0.717, 1.165) is 22.6 Å². The van der Waals surface area contributed by atoms with Crippen molar-refractivity contribution >= 4 is 17.3 Å². The summed E-state index contributed by atoms with van der Waals surface area (Å²) in [6.45, 7) is 3.77. The van der Waals surface area contributed by atoms with E-state index in [0.29, 0.717) is 11.6 Å². The van der Waals surface area contributed by atoms with Gasteiger partial charge in [0.2, 0.25) is 12.6 Å². The van der Waals surface area contributed by atoms with Gasteiger partial charge in [0.25, 0.3) is 0 Å². The fourth-order valence-electron chi connectivity index (χ4n) is 3.04. The Morgan fingerprint density at radius 1 is 1.15 bits per heavy atom. The van der Waals surface area contributed by atoms with E-state index in [1.807, 2.05) is 54.4 Å². The number of aryl methyl sites for hydroxylation is 1. The van der Waals surface area contributed by atoms with Gasteiger partial charge in [0.05, 0.1) is 5.69 Å². The Hall–Kier alpha value is -3.06. The lowest BCUT2D eigenvalue weighted by Gasteiger charge is -2.39. The highest BCUT2D eigenvalue weighted by Gasteiger charge is 2.31. The molecule has 1 N–H and O–H groups in total. The Morgan fingerprint density at radius 2 is 1.88 bits per heavy atom. The van der Waals surface area contributed by atoms with E-state index in [-0.39, 0.29) is 18.7 Å². The Labute approximate surface area is 151 Å². The molecule has 0 amide bonds. The molecule has 0 aromatic heterocycles. The first kappa shape index (κ1) is 16.4. The summed E-state index contributed by atoms with van der Waals surface area (Å²) >= 11 is 0. The van der Waals surface area contributed by atoms with Crippen molar-refractivity contribution in [2.75, 3.05) is 18.8 Å². The van der Waals surface area contributed by atoms with E-state index in [4.69, 9.17) is 9.47 Å². The van der Waals surface area contributed by atoms with Crippen molar-refractivity contribution in [3.8, 4) is 11.5 Å². The van der Waals surface area contributed by atoms with Crippen LogP contribution in [0.4, 0.5) is 5.69 Å². The second kappa shape index (κ2) is 6.34. The second-order valence-corrected chi connectivity index (χ2v) is 6.36. The third-order valence-electron chi connectivity index (χ3n) is 4.41. The van der Waals surface area contributed by atoms with Crippen LogP contribution in [0.1, 0.15) is 24.2 Å². The van der Waals surface area contributed by atoms with Gasteiger partial charge in [-0.15, -0.1) is 5.10 Å². The first-order valence-corrected chi connectivity index (χ1v) is 8.38. The molecule has 0 saturated heterocycles. The van der Waals surface area contributed by atoms with Crippen molar-refractivity contribution in [2.24, 2.45) is 5.10 Å². The lowest BCUT2D eigenvalue weighted by molar-refractivity contribution is -0.112. The molecule has 0 spiro atoms. The van der Waals surface area contributed by atoms with Crippen LogP contribution < -0.4 is 19.9 Å². The van der Waals surface area contributed by atoms with Gasteiger partial charge in [-0.25, -0.2) is 10.4 Å². The molecule has 7 nitrogen and oxygen atoms in total. The SMILES string of the molecule is CC(=O)C1=NN(c2ccc(C)cc2)[C@H](c2ccc3c(c2)OCO3)NN1C. The number of likely N-dealkylation sites (N-methyl/N-ethyl adjacent to an activating group) is 1. The number of carbonyl (C=O) groups is 1. The summed E-state index contributed by atoms with van der Waals surface area (Å²) in [7, 11) is 1.78. The van der Waals surface area contributed by atoms with Crippen LogP contribution >= 0.6 is 0 Å². The molecular weight excluding hydrogens is 332 g/mol. The van der Waals surface area contributed by atoms with Crippen LogP contribution in [0, 0.1) is 6.92 Å². The number of nitrogens with one attached hydrogen (secondary N) is 1. The van der Waals surface area contributed by atoms with Crippen LogP contribution in [0.5, 0.6) is 11.5 Å². The Bertz CT molecular complexity index is 879. The van der Waals surface area contributed by atoms with Crippen LogP contribution in [0.3, 0.4) is 0 Å². The van der Waals surface area contributed by atoms with Crippen LogP contribution in [0.2, 0.25) is 0 Å². The minimum atomic E-state index is -0.291. The minimum absolute atomic E-state index is 0.110. The predicted octanol–water partition coefficient (Wildman–Crippen LogP) is 2.58. The quantitative estimate of drug-likeness (QED) is 0.916. The molecule has 4 rings (SSSR count). The number of hydrogen-bond acceptors (Lipinski definition) is 7. The van der Waals surface area contributed by atoms with Gasteiger partial charge in [0.15, 0.2) is 17.3 Å².